The zero-order valence-electron chi connectivity index (χ0n) is 12.8. The first-order valence-corrected chi connectivity index (χ1v) is 7.40. The zero-order valence-corrected chi connectivity index (χ0v) is 12.8. The van der Waals surface area contributed by atoms with E-state index in [0.29, 0.717) is 13.0 Å². The SMILES string of the molecule is CO[C@@H]1CC(c2ncc[nH]2)N(C(=O)Cc2ccc(C)nc2)C1. The Hall–Kier alpha value is -2.21. The van der Waals surface area contributed by atoms with Crippen molar-refractivity contribution >= 4 is 5.91 Å². The Morgan fingerprint density at radius 3 is 2.95 bits per heavy atom. The molecule has 0 radical (unpaired) electrons. The number of likely N-dealkylation sites (tertiary alicyclic amines) is 1. The van der Waals surface area contributed by atoms with Crippen LogP contribution in [-0.2, 0) is 16.0 Å². The van der Waals surface area contributed by atoms with Crippen molar-refractivity contribution in [2.45, 2.75) is 31.9 Å². The number of nitrogens with zero attached hydrogens (tertiary/aromatic N) is 3. The lowest BCUT2D eigenvalue weighted by Gasteiger charge is -2.23. The van der Waals surface area contributed by atoms with Crippen molar-refractivity contribution in [2.24, 2.45) is 0 Å². The minimum Gasteiger partial charge on any atom is -0.380 e. The van der Waals surface area contributed by atoms with Gasteiger partial charge in [-0.05, 0) is 18.6 Å². The molecule has 0 aromatic carbocycles. The van der Waals surface area contributed by atoms with Crippen LogP contribution >= 0.6 is 0 Å². The van der Waals surface area contributed by atoms with E-state index < -0.39 is 0 Å². The zero-order chi connectivity index (χ0) is 15.5. The van der Waals surface area contributed by atoms with Gasteiger partial charge in [0.1, 0.15) is 5.82 Å². The summed E-state index contributed by atoms with van der Waals surface area (Å²) < 4.78 is 5.44. The Labute approximate surface area is 129 Å². The molecule has 1 aliphatic heterocycles. The van der Waals surface area contributed by atoms with Crippen LogP contribution in [0.5, 0.6) is 0 Å². The van der Waals surface area contributed by atoms with Crippen LogP contribution in [0.25, 0.3) is 0 Å². The Kier molecular flexibility index (Phi) is 4.20. The number of carbonyl (C=O) groups is 1. The number of nitrogens with one attached hydrogen (secondary N) is 1. The number of methoxy groups -OCH3 is 1. The van der Waals surface area contributed by atoms with Crippen molar-refractivity contribution in [2.75, 3.05) is 13.7 Å². The van der Waals surface area contributed by atoms with Gasteiger partial charge < -0.3 is 14.6 Å². The molecule has 0 spiro atoms. The van der Waals surface area contributed by atoms with Gasteiger partial charge in [0, 0.05) is 44.4 Å². The van der Waals surface area contributed by atoms with Crippen molar-refractivity contribution in [3.8, 4) is 0 Å². The molecule has 0 saturated carbocycles. The number of amides is 1. The second-order valence-corrected chi connectivity index (χ2v) is 5.61. The van der Waals surface area contributed by atoms with E-state index in [4.69, 9.17) is 4.74 Å². The van der Waals surface area contributed by atoms with Crippen LogP contribution < -0.4 is 0 Å². The van der Waals surface area contributed by atoms with Crippen LogP contribution in [0.1, 0.15) is 29.5 Å². The summed E-state index contributed by atoms with van der Waals surface area (Å²) in [5.74, 6) is 0.890. The third kappa shape index (κ3) is 3.01. The fraction of sp³-hybridized carbons (Fsp3) is 0.438. The standard InChI is InChI=1S/C16H20N4O2/c1-11-3-4-12(9-19-11)7-15(21)20-10-13(22-2)8-14(20)16-17-5-6-18-16/h3-6,9,13-14H,7-8,10H2,1-2H3,(H,17,18)/t13-,14?/m1/s1. The molecule has 1 N–H and O–H groups in total. The molecule has 2 atom stereocenters. The van der Waals surface area contributed by atoms with Crippen LogP contribution in [0.4, 0.5) is 0 Å². The van der Waals surface area contributed by atoms with E-state index in [1.807, 2.05) is 24.0 Å². The highest BCUT2D eigenvalue weighted by atomic mass is 16.5. The minimum absolute atomic E-state index is 0.0501. The molecule has 116 valence electrons. The van der Waals surface area contributed by atoms with Gasteiger partial charge in [-0.25, -0.2) is 4.98 Å². The second kappa shape index (κ2) is 6.27. The van der Waals surface area contributed by atoms with E-state index in [-0.39, 0.29) is 18.1 Å². The molecule has 1 saturated heterocycles. The summed E-state index contributed by atoms with van der Waals surface area (Å²) in [6.07, 6.45) is 6.42. The van der Waals surface area contributed by atoms with Crippen LogP contribution in [0.2, 0.25) is 0 Å². The fourth-order valence-corrected chi connectivity index (χ4v) is 2.84. The number of aryl methyl sites for hydroxylation is 1. The Morgan fingerprint density at radius 1 is 1.45 bits per heavy atom. The van der Waals surface area contributed by atoms with E-state index in [9.17, 15) is 4.79 Å². The maximum Gasteiger partial charge on any atom is 0.227 e. The summed E-state index contributed by atoms with van der Waals surface area (Å²) in [5, 5.41) is 0. The van der Waals surface area contributed by atoms with Crippen molar-refractivity contribution in [3.05, 3.63) is 47.8 Å². The van der Waals surface area contributed by atoms with Gasteiger partial charge in [-0.15, -0.1) is 0 Å². The van der Waals surface area contributed by atoms with E-state index in [1.165, 1.54) is 0 Å². The molecule has 6 heteroatoms. The Bertz CT molecular complexity index is 624. The minimum atomic E-state index is -0.0501. The van der Waals surface area contributed by atoms with Crippen LogP contribution in [0.15, 0.2) is 30.7 Å². The number of H-pyrrole nitrogens is 1. The van der Waals surface area contributed by atoms with Crippen molar-refractivity contribution in [1.82, 2.24) is 19.9 Å². The van der Waals surface area contributed by atoms with Gasteiger partial charge in [0.25, 0.3) is 0 Å². The first kappa shape index (κ1) is 14.7. The molecule has 3 heterocycles. The predicted octanol–water partition coefficient (Wildman–Crippen LogP) is 1.64. The number of hydrogen-bond donors (Lipinski definition) is 1. The van der Waals surface area contributed by atoms with Gasteiger partial charge in [0.05, 0.1) is 18.6 Å². The number of ether oxygens (including phenoxy) is 1. The maximum absolute atomic E-state index is 12.7. The summed E-state index contributed by atoms with van der Waals surface area (Å²) in [6, 6.07) is 3.83. The van der Waals surface area contributed by atoms with Crippen molar-refractivity contribution in [1.29, 1.82) is 0 Å². The maximum atomic E-state index is 12.7. The normalized spacial score (nSPS) is 21.3. The number of aromatic nitrogens is 3. The highest BCUT2D eigenvalue weighted by molar-refractivity contribution is 5.79. The predicted molar refractivity (Wildman–Crippen MR) is 81.1 cm³/mol. The first-order chi connectivity index (χ1) is 10.7. The molecule has 1 fully saturated rings. The van der Waals surface area contributed by atoms with E-state index in [1.54, 1.807) is 25.7 Å². The quantitative estimate of drug-likeness (QED) is 0.932. The highest BCUT2D eigenvalue weighted by Crippen LogP contribution is 2.31. The molecule has 1 aliphatic rings. The van der Waals surface area contributed by atoms with Gasteiger partial charge in [0.15, 0.2) is 0 Å². The van der Waals surface area contributed by atoms with E-state index >= 15 is 0 Å². The fourth-order valence-electron chi connectivity index (χ4n) is 2.84. The van der Waals surface area contributed by atoms with Gasteiger partial charge in [0.2, 0.25) is 5.91 Å². The van der Waals surface area contributed by atoms with Gasteiger partial charge in [-0.2, -0.15) is 0 Å². The number of rotatable bonds is 4. The summed E-state index contributed by atoms with van der Waals surface area (Å²) in [4.78, 5) is 26.2. The average Bonchev–Trinajstić information content (AvgIpc) is 3.18. The molecule has 6 nitrogen and oxygen atoms in total. The second-order valence-electron chi connectivity index (χ2n) is 5.61. The summed E-state index contributed by atoms with van der Waals surface area (Å²) in [5.41, 5.74) is 1.87. The van der Waals surface area contributed by atoms with E-state index in [0.717, 1.165) is 23.5 Å². The Balaban J connectivity index is 1.75. The third-order valence-corrected chi connectivity index (χ3v) is 4.08. The lowest BCUT2D eigenvalue weighted by Crippen LogP contribution is -2.33. The van der Waals surface area contributed by atoms with Gasteiger partial charge in [-0.3, -0.25) is 9.78 Å². The lowest BCUT2D eigenvalue weighted by atomic mass is 10.1. The largest absolute Gasteiger partial charge is 0.380 e. The third-order valence-electron chi connectivity index (χ3n) is 4.08. The molecular weight excluding hydrogens is 280 g/mol. The highest BCUT2D eigenvalue weighted by Gasteiger charge is 2.37. The van der Waals surface area contributed by atoms with Crippen molar-refractivity contribution in [3.63, 3.8) is 0 Å². The Morgan fingerprint density at radius 2 is 2.32 bits per heavy atom. The van der Waals surface area contributed by atoms with E-state index in [2.05, 4.69) is 15.0 Å². The van der Waals surface area contributed by atoms with Gasteiger partial charge >= 0.3 is 0 Å². The molecule has 2 aromatic rings. The van der Waals surface area contributed by atoms with Gasteiger partial charge in [-0.1, -0.05) is 6.07 Å². The molecule has 1 unspecified atom stereocenters. The molecular formula is C16H20N4O2. The molecule has 3 rings (SSSR count). The summed E-state index contributed by atoms with van der Waals surface area (Å²) in [7, 11) is 1.68. The van der Waals surface area contributed by atoms with Crippen molar-refractivity contribution < 1.29 is 9.53 Å². The van der Waals surface area contributed by atoms with Crippen LogP contribution in [0.3, 0.4) is 0 Å². The number of aromatic amines is 1. The smallest absolute Gasteiger partial charge is 0.227 e. The number of hydrogen-bond acceptors (Lipinski definition) is 4. The lowest BCUT2D eigenvalue weighted by molar-refractivity contribution is -0.131. The van der Waals surface area contributed by atoms with Crippen LogP contribution in [0, 0.1) is 6.92 Å². The topological polar surface area (TPSA) is 71.1 Å². The number of imidazole rings is 1. The summed E-state index contributed by atoms with van der Waals surface area (Å²) in [6.45, 7) is 2.53. The molecule has 2 aromatic heterocycles. The molecule has 0 aliphatic carbocycles. The molecule has 22 heavy (non-hydrogen) atoms. The molecule has 0 bridgehead atoms. The molecule has 1 amide bonds. The number of pyridine rings is 1. The van der Waals surface area contributed by atoms with Crippen LogP contribution in [-0.4, -0.2) is 45.5 Å². The number of carbonyl (C=O) groups excluding carboxylic acids is 1. The average molecular weight is 300 g/mol. The summed E-state index contributed by atoms with van der Waals surface area (Å²) >= 11 is 0. The first-order valence-electron chi connectivity index (χ1n) is 7.40. The monoisotopic (exact) mass is 300 g/mol.